The highest BCUT2D eigenvalue weighted by Gasteiger charge is 2.10. The molecule has 17 heavy (non-hydrogen) atoms. The number of hydrogen-bond acceptors (Lipinski definition) is 4. The second-order valence-electron chi connectivity index (χ2n) is 4.09. The normalized spacial score (nSPS) is 11.0. The molecule has 0 amide bonds. The number of oxazole rings is 1. The summed E-state index contributed by atoms with van der Waals surface area (Å²) in [6.45, 7) is 5.74. The number of aryl methyl sites for hydroxylation is 2. The molecule has 2 heterocycles. The minimum atomic E-state index is 0.671. The van der Waals surface area contributed by atoms with Crippen molar-refractivity contribution in [1.29, 1.82) is 0 Å². The zero-order valence-electron chi connectivity index (χ0n) is 10.5. The maximum Gasteiger partial charge on any atom is 0.208 e. The van der Waals surface area contributed by atoms with Gasteiger partial charge in [-0.25, -0.2) is 4.98 Å². The Kier molecular flexibility index (Phi) is 3.58. The van der Waals surface area contributed by atoms with Crippen molar-refractivity contribution in [2.24, 2.45) is 7.05 Å². The van der Waals surface area contributed by atoms with Gasteiger partial charge >= 0.3 is 0 Å². The molecule has 2 aromatic heterocycles. The molecule has 0 radical (unpaired) electrons. The molecule has 5 heteroatoms. The van der Waals surface area contributed by atoms with E-state index < -0.39 is 0 Å². The summed E-state index contributed by atoms with van der Waals surface area (Å²) in [5, 5.41) is 7.54. The van der Waals surface area contributed by atoms with Crippen molar-refractivity contribution in [3.05, 3.63) is 23.8 Å². The van der Waals surface area contributed by atoms with Crippen molar-refractivity contribution >= 4 is 0 Å². The molecule has 0 saturated heterocycles. The molecule has 0 aliphatic rings. The molecule has 0 aliphatic heterocycles. The maximum atomic E-state index is 5.68. The van der Waals surface area contributed by atoms with Crippen molar-refractivity contribution in [1.82, 2.24) is 20.1 Å². The highest BCUT2D eigenvalue weighted by molar-refractivity contribution is 5.51. The molecule has 0 spiro atoms. The van der Waals surface area contributed by atoms with Gasteiger partial charge in [-0.15, -0.1) is 0 Å². The van der Waals surface area contributed by atoms with E-state index in [-0.39, 0.29) is 0 Å². The van der Waals surface area contributed by atoms with Crippen LogP contribution in [0.25, 0.3) is 11.5 Å². The fourth-order valence-electron chi connectivity index (χ4n) is 1.72. The van der Waals surface area contributed by atoms with E-state index in [4.69, 9.17) is 4.42 Å². The van der Waals surface area contributed by atoms with Crippen molar-refractivity contribution in [3.63, 3.8) is 0 Å². The minimum Gasteiger partial charge on any atom is -0.438 e. The topological polar surface area (TPSA) is 55.9 Å². The van der Waals surface area contributed by atoms with Crippen LogP contribution in [0.3, 0.4) is 0 Å². The van der Waals surface area contributed by atoms with Gasteiger partial charge in [-0.2, -0.15) is 5.10 Å². The smallest absolute Gasteiger partial charge is 0.208 e. The Balaban J connectivity index is 2.10. The standard InChI is InChI=1S/C12H18N4O/c1-4-5-13-8-12-14-7-11(17-12)10-6-9(2)15-16(10)3/h6-7,13H,4-5,8H2,1-3H3. The van der Waals surface area contributed by atoms with Crippen molar-refractivity contribution in [3.8, 4) is 11.5 Å². The van der Waals surface area contributed by atoms with Crippen LogP contribution in [0.5, 0.6) is 0 Å². The summed E-state index contributed by atoms with van der Waals surface area (Å²) < 4.78 is 7.48. The molecular weight excluding hydrogens is 216 g/mol. The molecule has 0 fully saturated rings. The molecule has 0 saturated carbocycles. The van der Waals surface area contributed by atoms with Crippen LogP contribution in [0.1, 0.15) is 24.9 Å². The first-order chi connectivity index (χ1) is 8.20. The fraction of sp³-hybridized carbons (Fsp3) is 0.500. The zero-order chi connectivity index (χ0) is 12.3. The Morgan fingerprint density at radius 3 is 2.94 bits per heavy atom. The Bertz CT molecular complexity index is 486. The fourth-order valence-corrected chi connectivity index (χ4v) is 1.72. The van der Waals surface area contributed by atoms with Crippen LogP contribution in [0.2, 0.25) is 0 Å². The van der Waals surface area contributed by atoms with E-state index in [1.165, 1.54) is 0 Å². The van der Waals surface area contributed by atoms with E-state index in [0.717, 1.165) is 30.1 Å². The van der Waals surface area contributed by atoms with E-state index in [9.17, 15) is 0 Å². The van der Waals surface area contributed by atoms with Gasteiger partial charge in [0, 0.05) is 7.05 Å². The molecule has 0 aromatic carbocycles. The van der Waals surface area contributed by atoms with E-state index in [0.29, 0.717) is 12.4 Å². The summed E-state index contributed by atoms with van der Waals surface area (Å²) in [7, 11) is 1.90. The van der Waals surface area contributed by atoms with Crippen molar-refractivity contribution in [2.75, 3.05) is 6.54 Å². The summed E-state index contributed by atoms with van der Waals surface area (Å²) >= 11 is 0. The van der Waals surface area contributed by atoms with Gasteiger partial charge < -0.3 is 9.73 Å². The van der Waals surface area contributed by atoms with Crippen LogP contribution < -0.4 is 5.32 Å². The Hall–Kier alpha value is -1.62. The van der Waals surface area contributed by atoms with Gasteiger partial charge in [0.1, 0.15) is 5.69 Å². The summed E-state index contributed by atoms with van der Waals surface area (Å²) in [6, 6.07) is 1.99. The predicted molar refractivity (Wildman–Crippen MR) is 65.4 cm³/mol. The largest absolute Gasteiger partial charge is 0.438 e. The first-order valence-electron chi connectivity index (χ1n) is 5.87. The van der Waals surface area contributed by atoms with Gasteiger partial charge in [0.05, 0.1) is 18.4 Å². The Morgan fingerprint density at radius 1 is 1.47 bits per heavy atom. The van der Waals surface area contributed by atoms with E-state index in [2.05, 4.69) is 22.3 Å². The average Bonchev–Trinajstić information content (AvgIpc) is 2.86. The Labute approximate surface area is 101 Å². The maximum absolute atomic E-state index is 5.68. The van der Waals surface area contributed by atoms with Gasteiger partial charge in [0.2, 0.25) is 5.89 Å². The van der Waals surface area contributed by atoms with Gasteiger partial charge in [-0.1, -0.05) is 6.92 Å². The lowest BCUT2D eigenvalue weighted by Crippen LogP contribution is -2.13. The summed E-state index contributed by atoms with van der Waals surface area (Å²) in [5.41, 5.74) is 1.93. The third-order valence-corrected chi connectivity index (χ3v) is 2.51. The SMILES string of the molecule is CCCNCc1ncc(-c2cc(C)nn2C)o1. The monoisotopic (exact) mass is 234 g/mol. The van der Waals surface area contributed by atoms with E-state index in [1.54, 1.807) is 10.9 Å². The van der Waals surface area contributed by atoms with Crippen LogP contribution in [0, 0.1) is 6.92 Å². The number of nitrogens with one attached hydrogen (secondary N) is 1. The molecule has 0 unspecified atom stereocenters. The lowest BCUT2D eigenvalue weighted by molar-refractivity contribution is 0.474. The molecule has 2 rings (SSSR count). The lowest BCUT2D eigenvalue weighted by Gasteiger charge is -1.98. The number of aromatic nitrogens is 3. The number of hydrogen-bond donors (Lipinski definition) is 1. The zero-order valence-corrected chi connectivity index (χ0v) is 10.5. The molecule has 0 aliphatic carbocycles. The minimum absolute atomic E-state index is 0.671. The highest BCUT2D eigenvalue weighted by atomic mass is 16.4. The average molecular weight is 234 g/mol. The third-order valence-electron chi connectivity index (χ3n) is 2.51. The van der Waals surface area contributed by atoms with Gasteiger partial charge in [-0.3, -0.25) is 4.68 Å². The molecule has 2 aromatic rings. The first-order valence-corrected chi connectivity index (χ1v) is 5.87. The van der Waals surface area contributed by atoms with Crippen LogP contribution in [-0.2, 0) is 13.6 Å². The summed E-state index contributed by atoms with van der Waals surface area (Å²) in [6.07, 6.45) is 2.86. The quantitative estimate of drug-likeness (QED) is 0.803. The van der Waals surface area contributed by atoms with Crippen LogP contribution >= 0.6 is 0 Å². The second-order valence-corrected chi connectivity index (χ2v) is 4.09. The van der Waals surface area contributed by atoms with Crippen LogP contribution in [0.4, 0.5) is 0 Å². The molecule has 0 atom stereocenters. The van der Waals surface area contributed by atoms with Gasteiger partial charge in [0.15, 0.2) is 5.76 Å². The Morgan fingerprint density at radius 2 is 2.29 bits per heavy atom. The molecule has 0 bridgehead atoms. The third kappa shape index (κ3) is 2.74. The van der Waals surface area contributed by atoms with Crippen LogP contribution in [0.15, 0.2) is 16.7 Å². The van der Waals surface area contributed by atoms with E-state index in [1.807, 2.05) is 20.0 Å². The number of rotatable bonds is 5. The van der Waals surface area contributed by atoms with Crippen molar-refractivity contribution < 1.29 is 4.42 Å². The summed E-state index contributed by atoms with van der Waals surface area (Å²) in [5.74, 6) is 1.48. The van der Waals surface area contributed by atoms with Gasteiger partial charge in [0.25, 0.3) is 0 Å². The predicted octanol–water partition coefficient (Wildman–Crippen LogP) is 1.88. The highest BCUT2D eigenvalue weighted by Crippen LogP contribution is 2.20. The number of nitrogens with zero attached hydrogens (tertiary/aromatic N) is 3. The lowest BCUT2D eigenvalue weighted by atomic mass is 10.3. The molecule has 1 N–H and O–H groups in total. The second kappa shape index (κ2) is 5.14. The summed E-state index contributed by atoms with van der Waals surface area (Å²) in [4.78, 5) is 4.24. The first kappa shape index (κ1) is 11.9. The molecule has 92 valence electrons. The van der Waals surface area contributed by atoms with Gasteiger partial charge in [-0.05, 0) is 26.0 Å². The molecule has 5 nitrogen and oxygen atoms in total. The van der Waals surface area contributed by atoms with Crippen molar-refractivity contribution in [2.45, 2.75) is 26.8 Å². The van der Waals surface area contributed by atoms with E-state index >= 15 is 0 Å². The molecular formula is C12H18N4O. The van der Waals surface area contributed by atoms with Crippen LogP contribution in [-0.4, -0.2) is 21.3 Å².